The van der Waals surface area contributed by atoms with E-state index in [9.17, 15) is 19.8 Å². The lowest BCUT2D eigenvalue weighted by Gasteiger charge is -2.58. The van der Waals surface area contributed by atoms with Crippen LogP contribution in [0.2, 0.25) is 5.15 Å². The molecule has 0 bridgehead atoms. The summed E-state index contributed by atoms with van der Waals surface area (Å²) in [6.45, 7) is 4.19. The number of carbonyl (C=O) groups is 2. The fraction of sp³-hybridized carbons (Fsp3) is 0.481. The topological polar surface area (TPSA) is 138 Å². The number of halogens is 1. The van der Waals surface area contributed by atoms with Gasteiger partial charge in [-0.2, -0.15) is 0 Å². The SMILES string of the molecule is C[C@@]12CCC(O)[C@@](C)(CO)C1Cc1sc(NC(=O)c3ccnc(Cl)c3)nc1C2CC(=O)NCc1ccco1. The molecular weight excluding hydrogens is 528 g/mol. The summed E-state index contributed by atoms with van der Waals surface area (Å²) in [5.74, 6) is -0.172. The maximum absolute atomic E-state index is 13.2. The summed E-state index contributed by atoms with van der Waals surface area (Å²) in [6, 6.07) is 6.64. The number of fused-ring (bicyclic) bond motifs is 2. The maximum atomic E-state index is 13.2. The molecule has 0 spiro atoms. The highest BCUT2D eigenvalue weighted by Crippen LogP contribution is 2.62. The van der Waals surface area contributed by atoms with Crippen LogP contribution in [-0.2, 0) is 17.8 Å². The zero-order chi connectivity index (χ0) is 27.1. The third kappa shape index (κ3) is 4.86. The van der Waals surface area contributed by atoms with Gasteiger partial charge in [0, 0.05) is 34.4 Å². The van der Waals surface area contributed by atoms with E-state index in [1.807, 2.05) is 6.92 Å². The summed E-state index contributed by atoms with van der Waals surface area (Å²) < 4.78 is 5.34. The van der Waals surface area contributed by atoms with Crippen LogP contribution in [0.1, 0.15) is 65.7 Å². The smallest absolute Gasteiger partial charge is 0.257 e. The van der Waals surface area contributed by atoms with Gasteiger partial charge in [0.05, 0.1) is 31.2 Å². The molecule has 0 saturated heterocycles. The standard InChI is InChI=1S/C27H31ClN4O5S/c1-26-7-5-20(34)27(2,14-33)19(26)12-18-23(17(26)11-22(35)30-13-16-4-3-9-37-16)31-25(38-18)32-24(36)15-6-8-29-21(28)10-15/h3-4,6,8-10,17,19-20,33-34H,5,7,11-14H2,1-2H3,(H,30,35)(H,31,32,36)/t17?,19?,20?,26-,27-/m0/s1. The van der Waals surface area contributed by atoms with E-state index in [0.29, 0.717) is 35.7 Å². The van der Waals surface area contributed by atoms with E-state index in [0.717, 1.165) is 10.6 Å². The first-order valence-corrected chi connectivity index (χ1v) is 13.8. The van der Waals surface area contributed by atoms with E-state index in [2.05, 4.69) is 22.5 Å². The largest absolute Gasteiger partial charge is 0.467 e. The molecule has 5 atom stereocenters. The Morgan fingerprint density at radius 1 is 1.32 bits per heavy atom. The number of pyridine rings is 1. The van der Waals surface area contributed by atoms with Gasteiger partial charge in [-0.25, -0.2) is 9.97 Å². The van der Waals surface area contributed by atoms with Crippen molar-refractivity contribution < 1.29 is 24.2 Å². The van der Waals surface area contributed by atoms with Crippen molar-refractivity contribution in [2.45, 2.75) is 58.1 Å². The molecule has 3 unspecified atom stereocenters. The van der Waals surface area contributed by atoms with Crippen LogP contribution in [-0.4, -0.2) is 44.7 Å². The second-order valence-electron chi connectivity index (χ2n) is 10.7. The first-order valence-electron chi connectivity index (χ1n) is 12.6. The molecule has 3 aromatic heterocycles. The van der Waals surface area contributed by atoms with E-state index in [1.165, 1.54) is 23.6 Å². The molecule has 2 aliphatic rings. The van der Waals surface area contributed by atoms with Gasteiger partial charge in [0.2, 0.25) is 5.91 Å². The predicted octanol–water partition coefficient (Wildman–Crippen LogP) is 4.16. The highest BCUT2D eigenvalue weighted by molar-refractivity contribution is 7.15. The Kier molecular flexibility index (Phi) is 7.34. The second kappa shape index (κ2) is 10.4. The minimum absolute atomic E-state index is 0.0814. The number of thiazole rings is 1. The van der Waals surface area contributed by atoms with Gasteiger partial charge in [-0.1, -0.05) is 25.4 Å². The molecule has 9 nitrogen and oxygen atoms in total. The van der Waals surface area contributed by atoms with Crippen molar-refractivity contribution in [2.75, 3.05) is 11.9 Å². The van der Waals surface area contributed by atoms with Gasteiger partial charge < -0.3 is 19.9 Å². The Morgan fingerprint density at radius 2 is 2.13 bits per heavy atom. The number of rotatable bonds is 7. The third-order valence-electron chi connectivity index (χ3n) is 8.53. The molecule has 3 heterocycles. The van der Waals surface area contributed by atoms with Crippen molar-refractivity contribution in [3.63, 3.8) is 0 Å². The molecular formula is C27H31ClN4O5S. The molecule has 1 saturated carbocycles. The molecule has 1 fully saturated rings. The first kappa shape index (κ1) is 26.8. The quantitative estimate of drug-likeness (QED) is 0.319. The molecule has 38 heavy (non-hydrogen) atoms. The molecule has 0 radical (unpaired) electrons. The summed E-state index contributed by atoms with van der Waals surface area (Å²) in [5, 5.41) is 27.8. The summed E-state index contributed by atoms with van der Waals surface area (Å²) in [5.41, 5.74) is 0.0411. The minimum atomic E-state index is -0.727. The third-order valence-corrected chi connectivity index (χ3v) is 9.75. The number of aliphatic hydroxyl groups excluding tert-OH is 2. The highest BCUT2D eigenvalue weighted by Gasteiger charge is 2.59. The average molecular weight is 559 g/mol. The van der Waals surface area contributed by atoms with Crippen LogP contribution in [0, 0.1) is 16.7 Å². The van der Waals surface area contributed by atoms with Gasteiger partial charge in [-0.15, -0.1) is 11.3 Å². The normalized spacial score (nSPS) is 28.3. The summed E-state index contributed by atoms with van der Waals surface area (Å²) in [7, 11) is 0. The lowest BCUT2D eigenvalue weighted by Crippen LogP contribution is -2.57. The van der Waals surface area contributed by atoms with Crippen LogP contribution < -0.4 is 10.6 Å². The summed E-state index contributed by atoms with van der Waals surface area (Å²) in [6.07, 6.45) is 4.39. The molecule has 0 aliphatic heterocycles. The van der Waals surface area contributed by atoms with Crippen LogP contribution in [0.25, 0.3) is 0 Å². The number of aromatic nitrogens is 2. The van der Waals surface area contributed by atoms with Gasteiger partial charge in [-0.3, -0.25) is 14.9 Å². The van der Waals surface area contributed by atoms with Gasteiger partial charge in [-0.05, 0) is 54.9 Å². The lowest BCUT2D eigenvalue weighted by atomic mass is 9.47. The Labute approximate surface area is 229 Å². The van der Waals surface area contributed by atoms with Gasteiger partial charge >= 0.3 is 0 Å². The number of furan rings is 1. The van der Waals surface area contributed by atoms with Crippen LogP contribution in [0.5, 0.6) is 0 Å². The van der Waals surface area contributed by atoms with Crippen LogP contribution in [0.3, 0.4) is 0 Å². The fourth-order valence-electron chi connectivity index (χ4n) is 6.27. The van der Waals surface area contributed by atoms with Gasteiger partial charge in [0.15, 0.2) is 5.13 Å². The number of anilines is 1. The highest BCUT2D eigenvalue weighted by atomic mass is 35.5. The summed E-state index contributed by atoms with van der Waals surface area (Å²) >= 11 is 7.32. The van der Waals surface area contributed by atoms with Gasteiger partial charge in [0.1, 0.15) is 10.9 Å². The van der Waals surface area contributed by atoms with Crippen LogP contribution in [0.15, 0.2) is 41.1 Å². The first-order chi connectivity index (χ1) is 18.1. The number of amides is 2. The van der Waals surface area contributed by atoms with Crippen molar-refractivity contribution in [3.8, 4) is 0 Å². The molecule has 0 aromatic carbocycles. The number of hydrogen-bond acceptors (Lipinski definition) is 8. The molecule has 2 amide bonds. The van der Waals surface area contributed by atoms with E-state index < -0.39 is 11.5 Å². The second-order valence-corrected chi connectivity index (χ2v) is 12.2. The van der Waals surface area contributed by atoms with Crippen LogP contribution >= 0.6 is 22.9 Å². The van der Waals surface area contributed by atoms with E-state index in [1.54, 1.807) is 24.5 Å². The predicted molar refractivity (Wildman–Crippen MR) is 143 cm³/mol. The number of aliphatic hydroxyl groups is 2. The number of hydrogen-bond donors (Lipinski definition) is 4. The van der Waals surface area contributed by atoms with Crippen molar-refractivity contribution >= 4 is 39.9 Å². The van der Waals surface area contributed by atoms with Crippen molar-refractivity contribution in [1.29, 1.82) is 0 Å². The molecule has 202 valence electrons. The van der Waals surface area contributed by atoms with E-state index in [4.69, 9.17) is 21.0 Å². The monoisotopic (exact) mass is 558 g/mol. The molecule has 4 N–H and O–H groups in total. The molecule has 2 aliphatic carbocycles. The number of carbonyl (C=O) groups excluding carboxylic acids is 2. The van der Waals surface area contributed by atoms with E-state index >= 15 is 0 Å². The maximum Gasteiger partial charge on any atom is 0.257 e. The van der Waals surface area contributed by atoms with Crippen molar-refractivity contribution in [1.82, 2.24) is 15.3 Å². The Morgan fingerprint density at radius 3 is 2.84 bits per heavy atom. The average Bonchev–Trinajstić information content (AvgIpc) is 3.56. The molecule has 11 heteroatoms. The lowest BCUT2D eigenvalue weighted by molar-refractivity contribution is -0.144. The fourth-order valence-corrected chi connectivity index (χ4v) is 7.51. The Balaban J connectivity index is 1.46. The Hall–Kier alpha value is -2.79. The minimum Gasteiger partial charge on any atom is -0.467 e. The molecule has 5 rings (SSSR count). The van der Waals surface area contributed by atoms with Crippen molar-refractivity contribution in [2.24, 2.45) is 16.7 Å². The Bertz CT molecular complexity index is 1330. The molecule has 3 aromatic rings. The summed E-state index contributed by atoms with van der Waals surface area (Å²) in [4.78, 5) is 35.7. The number of nitrogens with zero attached hydrogens (tertiary/aromatic N) is 2. The van der Waals surface area contributed by atoms with Gasteiger partial charge in [0.25, 0.3) is 5.91 Å². The van der Waals surface area contributed by atoms with E-state index in [-0.39, 0.29) is 53.8 Å². The van der Waals surface area contributed by atoms with Crippen LogP contribution in [0.4, 0.5) is 5.13 Å². The number of nitrogens with one attached hydrogen (secondary N) is 2. The zero-order valence-electron chi connectivity index (χ0n) is 21.2. The van der Waals surface area contributed by atoms with Crippen molar-refractivity contribution in [3.05, 3.63) is 63.8 Å². The zero-order valence-corrected chi connectivity index (χ0v) is 22.8.